The number of urea groups is 1. The molecule has 12 heteroatoms. The molecule has 3 rings (SSSR count). The fraction of sp³-hybridized carbons (Fsp3) is 0.211. The zero-order valence-corrected chi connectivity index (χ0v) is 18.7. The number of imide groups is 1. The summed E-state index contributed by atoms with van der Waals surface area (Å²) in [5.41, 5.74) is -0.257. The third kappa shape index (κ3) is 4.87. The lowest BCUT2D eigenvalue weighted by molar-refractivity contribution is -0.119. The van der Waals surface area contributed by atoms with Gasteiger partial charge in [0.2, 0.25) is 9.63 Å². The molecule has 6 nitrogen and oxygen atoms in total. The third-order valence-corrected chi connectivity index (χ3v) is 5.91. The number of carbonyl (C=O) groups excluding carboxylic acids is 2. The van der Waals surface area contributed by atoms with Crippen LogP contribution in [-0.4, -0.2) is 45.1 Å². The maximum absolute atomic E-state index is 14.4. The number of amidine groups is 1. The molecular formula is C19H14Cl4F2N4O2. The summed E-state index contributed by atoms with van der Waals surface area (Å²) in [7, 11) is 1.20. The Balaban J connectivity index is 2.11. The van der Waals surface area contributed by atoms with Gasteiger partial charge in [0.15, 0.2) is 0 Å². The molecule has 0 aromatic heterocycles. The van der Waals surface area contributed by atoms with E-state index in [0.717, 1.165) is 15.9 Å². The lowest BCUT2D eigenvalue weighted by Gasteiger charge is -2.27. The van der Waals surface area contributed by atoms with Crippen molar-refractivity contribution >= 4 is 75.6 Å². The maximum Gasteiger partial charge on any atom is 0.337 e. The molecule has 2 unspecified atom stereocenters. The van der Waals surface area contributed by atoms with Gasteiger partial charge in [0, 0.05) is 7.05 Å². The molecule has 1 fully saturated rings. The number of alkyl halides is 4. The van der Waals surface area contributed by atoms with Crippen molar-refractivity contribution in [2.75, 3.05) is 17.3 Å². The molecule has 0 saturated carbocycles. The number of nitrogens with one attached hydrogen (secondary N) is 1. The van der Waals surface area contributed by atoms with Crippen LogP contribution in [0, 0.1) is 11.6 Å². The van der Waals surface area contributed by atoms with E-state index in [1.165, 1.54) is 49.5 Å². The minimum atomic E-state index is -2.09. The number of anilines is 2. The molecule has 0 spiro atoms. The molecular weight excluding hydrogens is 496 g/mol. The van der Waals surface area contributed by atoms with E-state index in [-0.39, 0.29) is 11.4 Å². The van der Waals surface area contributed by atoms with Gasteiger partial charge in [0.25, 0.3) is 5.91 Å². The van der Waals surface area contributed by atoms with Gasteiger partial charge < -0.3 is 5.32 Å². The predicted octanol–water partition coefficient (Wildman–Crippen LogP) is 5.18. The van der Waals surface area contributed by atoms with E-state index in [2.05, 4.69) is 10.3 Å². The van der Waals surface area contributed by atoms with E-state index in [1.54, 1.807) is 0 Å². The normalized spacial score (nSPS) is 18.0. The Kier molecular flexibility index (Phi) is 6.95. The second kappa shape index (κ2) is 9.16. The molecule has 1 saturated heterocycles. The summed E-state index contributed by atoms with van der Waals surface area (Å²) >= 11 is 24.0. The van der Waals surface area contributed by atoms with Gasteiger partial charge in [-0.15, -0.1) is 11.6 Å². The summed E-state index contributed by atoms with van der Waals surface area (Å²) in [6, 6.07) is 10.0. The zero-order valence-electron chi connectivity index (χ0n) is 15.7. The highest BCUT2D eigenvalue weighted by Gasteiger charge is 2.45. The number of hydrogen-bond acceptors (Lipinski definition) is 4. The Labute approximate surface area is 196 Å². The maximum atomic E-state index is 14.4. The average Bonchev–Trinajstić information content (AvgIpc) is 2.92. The molecule has 1 aliphatic rings. The highest BCUT2D eigenvalue weighted by molar-refractivity contribution is 6.70. The van der Waals surface area contributed by atoms with Crippen molar-refractivity contribution in [3.63, 3.8) is 0 Å². The largest absolute Gasteiger partial charge is 0.360 e. The van der Waals surface area contributed by atoms with E-state index >= 15 is 0 Å². The first-order valence-electron chi connectivity index (χ1n) is 8.68. The average molecular weight is 510 g/mol. The molecule has 2 atom stereocenters. The van der Waals surface area contributed by atoms with Crippen molar-refractivity contribution in [2.24, 2.45) is 4.99 Å². The van der Waals surface area contributed by atoms with Gasteiger partial charge >= 0.3 is 6.03 Å². The van der Waals surface area contributed by atoms with Crippen molar-refractivity contribution in [1.82, 2.24) is 4.90 Å². The summed E-state index contributed by atoms with van der Waals surface area (Å²) in [5, 5.41) is 1.25. The van der Waals surface area contributed by atoms with Crippen molar-refractivity contribution in [2.45, 2.75) is 15.3 Å². The molecule has 0 aliphatic carbocycles. The van der Waals surface area contributed by atoms with Crippen LogP contribution >= 0.6 is 46.4 Å². The Morgan fingerprint density at radius 3 is 2.16 bits per heavy atom. The molecule has 0 radical (unpaired) electrons. The fourth-order valence-electron chi connectivity index (χ4n) is 2.76. The summed E-state index contributed by atoms with van der Waals surface area (Å²) in [5.74, 6) is -2.75. The standard InChI is InChI=1S/C19H14Cl4F2N4O2/c1-28-17(30)16(29(18(28)31)13-9-5-3-7-11(13)25)27-15(14(20)19(21,22)23)26-12-8-4-2-6-10(12)24/h2-9,14-15,26H,1H3. The van der Waals surface area contributed by atoms with E-state index in [0.29, 0.717) is 0 Å². The van der Waals surface area contributed by atoms with E-state index < -0.39 is 44.7 Å². The van der Waals surface area contributed by atoms with Crippen LogP contribution in [0.2, 0.25) is 0 Å². The SMILES string of the molecule is CN1C(=O)C(=NC(Nc2ccccc2F)C(Cl)C(Cl)(Cl)Cl)N(c2ccccc2F)C1=O. The van der Waals surface area contributed by atoms with Crippen LogP contribution in [0.4, 0.5) is 25.0 Å². The highest BCUT2D eigenvalue weighted by Crippen LogP contribution is 2.37. The number of benzene rings is 2. The lowest BCUT2D eigenvalue weighted by Crippen LogP contribution is -2.41. The second-order valence-electron chi connectivity index (χ2n) is 6.40. The molecule has 1 heterocycles. The van der Waals surface area contributed by atoms with E-state index in [9.17, 15) is 18.4 Å². The number of rotatable bonds is 5. The van der Waals surface area contributed by atoms with Gasteiger partial charge in [-0.3, -0.25) is 9.69 Å². The number of likely N-dealkylation sites (N-methyl/N-ethyl adjacent to an activating group) is 1. The van der Waals surface area contributed by atoms with Gasteiger partial charge in [0.1, 0.15) is 23.2 Å². The van der Waals surface area contributed by atoms with E-state index in [1.807, 2.05) is 0 Å². The van der Waals surface area contributed by atoms with Gasteiger partial charge in [0.05, 0.1) is 11.4 Å². The summed E-state index contributed by atoms with van der Waals surface area (Å²) < 4.78 is 26.5. The third-order valence-electron chi connectivity index (χ3n) is 4.31. The second-order valence-corrected chi connectivity index (χ2v) is 9.24. The Morgan fingerprint density at radius 1 is 1.00 bits per heavy atom. The van der Waals surface area contributed by atoms with Crippen LogP contribution in [0.3, 0.4) is 0 Å². The molecule has 1 aliphatic heterocycles. The van der Waals surface area contributed by atoms with Crippen molar-refractivity contribution in [3.05, 3.63) is 60.2 Å². The van der Waals surface area contributed by atoms with Crippen LogP contribution in [-0.2, 0) is 4.79 Å². The first kappa shape index (κ1) is 23.5. The topological polar surface area (TPSA) is 65.0 Å². The molecule has 2 aromatic rings. The minimum absolute atomic E-state index is 0.0423. The molecule has 0 bridgehead atoms. The number of nitrogens with zero attached hydrogens (tertiary/aromatic N) is 3. The number of aliphatic imine (C=N–C) groups is 1. The van der Waals surface area contributed by atoms with Gasteiger partial charge in [-0.1, -0.05) is 59.1 Å². The van der Waals surface area contributed by atoms with Crippen LogP contribution in [0.5, 0.6) is 0 Å². The molecule has 2 aromatic carbocycles. The number of halogens is 6. The first-order valence-corrected chi connectivity index (χ1v) is 10.3. The molecule has 164 valence electrons. The highest BCUT2D eigenvalue weighted by atomic mass is 35.6. The Hall–Kier alpha value is -2.13. The molecule has 31 heavy (non-hydrogen) atoms. The van der Waals surface area contributed by atoms with Crippen LogP contribution in [0.25, 0.3) is 0 Å². The summed E-state index contributed by atoms with van der Waals surface area (Å²) in [6.07, 6.45) is -1.39. The van der Waals surface area contributed by atoms with E-state index in [4.69, 9.17) is 46.4 Å². The van der Waals surface area contributed by atoms with Crippen LogP contribution in [0.15, 0.2) is 53.5 Å². The summed E-state index contributed by atoms with van der Waals surface area (Å²) in [6.45, 7) is 0. The fourth-order valence-corrected chi connectivity index (χ4v) is 3.23. The van der Waals surface area contributed by atoms with Crippen molar-refractivity contribution in [1.29, 1.82) is 0 Å². The number of para-hydroxylation sites is 2. The smallest absolute Gasteiger partial charge is 0.337 e. The minimum Gasteiger partial charge on any atom is -0.360 e. The zero-order chi connectivity index (χ0) is 22.9. The van der Waals surface area contributed by atoms with Gasteiger partial charge in [-0.05, 0) is 24.3 Å². The monoisotopic (exact) mass is 508 g/mol. The van der Waals surface area contributed by atoms with Gasteiger partial charge in [-0.25, -0.2) is 23.5 Å². The van der Waals surface area contributed by atoms with Gasteiger partial charge in [-0.2, -0.15) is 0 Å². The lowest BCUT2D eigenvalue weighted by atomic mass is 10.2. The Bertz CT molecular complexity index is 1050. The van der Waals surface area contributed by atoms with Crippen LogP contribution < -0.4 is 10.2 Å². The number of carbonyl (C=O) groups is 2. The molecule has 3 amide bonds. The Morgan fingerprint density at radius 2 is 1.58 bits per heavy atom. The van der Waals surface area contributed by atoms with Crippen molar-refractivity contribution < 1.29 is 18.4 Å². The van der Waals surface area contributed by atoms with Crippen molar-refractivity contribution in [3.8, 4) is 0 Å². The summed E-state index contributed by atoms with van der Waals surface area (Å²) in [4.78, 5) is 31.0. The number of amides is 3. The first-order chi connectivity index (χ1) is 14.5. The number of hydrogen-bond donors (Lipinski definition) is 1. The quantitative estimate of drug-likeness (QED) is 0.446. The molecule has 1 N–H and O–H groups in total. The van der Waals surface area contributed by atoms with Crippen LogP contribution in [0.1, 0.15) is 0 Å². The predicted molar refractivity (Wildman–Crippen MR) is 118 cm³/mol.